The Morgan fingerprint density at radius 3 is 2.52 bits per heavy atom. The SMILES string of the molecule is COc1ccc(N2C(=O)CC(=O)Nc3c2ccc2c3CCCC2)cc1OC. The summed E-state index contributed by atoms with van der Waals surface area (Å²) in [7, 11) is 3.13. The minimum Gasteiger partial charge on any atom is -0.493 e. The molecule has 0 unspecified atom stereocenters. The van der Waals surface area contributed by atoms with Gasteiger partial charge in [0.2, 0.25) is 11.8 Å². The maximum atomic E-state index is 12.9. The summed E-state index contributed by atoms with van der Waals surface area (Å²) in [5.41, 5.74) is 4.51. The first-order valence-corrected chi connectivity index (χ1v) is 9.12. The van der Waals surface area contributed by atoms with Crippen LogP contribution in [0.15, 0.2) is 30.3 Å². The summed E-state index contributed by atoms with van der Waals surface area (Å²) in [6.45, 7) is 0. The monoisotopic (exact) mass is 366 g/mol. The van der Waals surface area contributed by atoms with E-state index in [4.69, 9.17) is 9.47 Å². The van der Waals surface area contributed by atoms with Crippen LogP contribution in [0.3, 0.4) is 0 Å². The predicted octanol–water partition coefficient (Wildman–Crippen LogP) is 3.59. The fourth-order valence-corrected chi connectivity index (χ4v) is 3.92. The molecule has 2 aliphatic rings. The van der Waals surface area contributed by atoms with Gasteiger partial charge in [0.05, 0.1) is 31.3 Å². The zero-order chi connectivity index (χ0) is 19.0. The first-order valence-electron chi connectivity index (χ1n) is 9.12. The molecule has 140 valence electrons. The van der Waals surface area contributed by atoms with Crippen molar-refractivity contribution in [3.05, 3.63) is 41.5 Å². The third-order valence-electron chi connectivity index (χ3n) is 5.20. The molecule has 1 aliphatic heterocycles. The molecule has 2 aromatic rings. The van der Waals surface area contributed by atoms with Gasteiger partial charge in [0.25, 0.3) is 0 Å². The smallest absolute Gasteiger partial charge is 0.241 e. The van der Waals surface area contributed by atoms with Gasteiger partial charge in [-0.05, 0) is 55.0 Å². The quantitative estimate of drug-likeness (QED) is 0.843. The number of hydrogen-bond acceptors (Lipinski definition) is 4. The highest BCUT2D eigenvalue weighted by molar-refractivity contribution is 6.17. The van der Waals surface area contributed by atoms with Crippen LogP contribution in [0.4, 0.5) is 17.1 Å². The van der Waals surface area contributed by atoms with E-state index in [2.05, 4.69) is 11.4 Å². The summed E-state index contributed by atoms with van der Waals surface area (Å²) >= 11 is 0. The Hall–Kier alpha value is -3.02. The van der Waals surface area contributed by atoms with Crippen molar-refractivity contribution in [3.8, 4) is 11.5 Å². The third kappa shape index (κ3) is 3.01. The first kappa shape index (κ1) is 17.4. The molecule has 6 nitrogen and oxygen atoms in total. The fraction of sp³-hybridized carbons (Fsp3) is 0.333. The molecule has 2 aromatic carbocycles. The molecule has 0 radical (unpaired) electrons. The Balaban J connectivity index is 1.89. The second-order valence-electron chi connectivity index (χ2n) is 6.80. The number of nitrogens with zero attached hydrogens (tertiary/aromatic N) is 1. The van der Waals surface area contributed by atoms with Crippen LogP contribution in [0, 0.1) is 0 Å². The molecule has 1 heterocycles. The van der Waals surface area contributed by atoms with Gasteiger partial charge >= 0.3 is 0 Å². The van der Waals surface area contributed by atoms with Crippen molar-refractivity contribution in [1.82, 2.24) is 0 Å². The van der Waals surface area contributed by atoms with Crippen LogP contribution in [0.2, 0.25) is 0 Å². The summed E-state index contributed by atoms with van der Waals surface area (Å²) in [6.07, 6.45) is 3.95. The number of anilines is 3. The van der Waals surface area contributed by atoms with Gasteiger partial charge in [0, 0.05) is 6.07 Å². The topological polar surface area (TPSA) is 67.9 Å². The summed E-state index contributed by atoms with van der Waals surface area (Å²) in [6, 6.07) is 9.33. The number of nitrogens with one attached hydrogen (secondary N) is 1. The van der Waals surface area contributed by atoms with Gasteiger partial charge in [-0.1, -0.05) is 6.07 Å². The molecule has 2 amide bonds. The summed E-state index contributed by atoms with van der Waals surface area (Å²) < 4.78 is 10.7. The first-order chi connectivity index (χ1) is 13.1. The van der Waals surface area contributed by atoms with Gasteiger partial charge in [-0.3, -0.25) is 14.5 Å². The maximum Gasteiger partial charge on any atom is 0.241 e. The number of fused-ring (bicyclic) bond motifs is 3. The van der Waals surface area contributed by atoms with Crippen molar-refractivity contribution < 1.29 is 19.1 Å². The summed E-state index contributed by atoms with van der Waals surface area (Å²) in [4.78, 5) is 26.8. The minimum atomic E-state index is -0.275. The molecule has 0 fully saturated rings. The Morgan fingerprint density at radius 1 is 0.963 bits per heavy atom. The van der Waals surface area contributed by atoms with E-state index >= 15 is 0 Å². The number of ether oxygens (including phenoxy) is 2. The van der Waals surface area contributed by atoms with E-state index in [1.165, 1.54) is 5.56 Å². The van der Waals surface area contributed by atoms with E-state index in [1.54, 1.807) is 37.3 Å². The predicted molar refractivity (Wildman–Crippen MR) is 103 cm³/mol. The van der Waals surface area contributed by atoms with Gasteiger partial charge < -0.3 is 14.8 Å². The van der Waals surface area contributed by atoms with E-state index in [-0.39, 0.29) is 18.2 Å². The van der Waals surface area contributed by atoms with E-state index in [0.29, 0.717) is 22.9 Å². The maximum absolute atomic E-state index is 12.9. The average Bonchev–Trinajstić information content (AvgIpc) is 2.82. The third-order valence-corrected chi connectivity index (χ3v) is 5.20. The van der Waals surface area contributed by atoms with Gasteiger partial charge in [-0.25, -0.2) is 0 Å². The minimum absolute atomic E-state index is 0.197. The molecule has 27 heavy (non-hydrogen) atoms. The molecule has 0 saturated heterocycles. The number of carbonyl (C=O) groups is 2. The van der Waals surface area contributed by atoms with Crippen molar-refractivity contribution >= 4 is 28.9 Å². The molecular formula is C21H22N2O4. The summed E-state index contributed by atoms with van der Waals surface area (Å²) in [5, 5.41) is 2.97. The standard InChI is InChI=1S/C21H22N2O4/c1-26-17-10-8-14(11-18(17)27-2)23-16-9-7-13-5-3-4-6-15(13)21(16)22-19(24)12-20(23)25/h7-11H,3-6,12H2,1-2H3,(H,22,24). The van der Waals surface area contributed by atoms with Crippen molar-refractivity contribution in [1.29, 1.82) is 0 Å². The molecule has 1 aliphatic carbocycles. The van der Waals surface area contributed by atoms with E-state index < -0.39 is 0 Å². The highest BCUT2D eigenvalue weighted by Crippen LogP contribution is 2.42. The van der Waals surface area contributed by atoms with Gasteiger partial charge in [0.15, 0.2) is 11.5 Å². The van der Waals surface area contributed by atoms with Gasteiger partial charge in [-0.15, -0.1) is 0 Å². The Labute approximate surface area is 158 Å². The molecule has 4 rings (SSSR count). The lowest BCUT2D eigenvalue weighted by atomic mass is 9.89. The number of carbonyl (C=O) groups excluding carboxylic acids is 2. The van der Waals surface area contributed by atoms with Crippen molar-refractivity contribution in [2.24, 2.45) is 0 Å². The normalized spacial score (nSPS) is 16.1. The van der Waals surface area contributed by atoms with Crippen molar-refractivity contribution in [3.63, 3.8) is 0 Å². The molecule has 0 atom stereocenters. The van der Waals surface area contributed by atoms with Crippen molar-refractivity contribution in [2.75, 3.05) is 24.4 Å². The van der Waals surface area contributed by atoms with Gasteiger partial charge in [0.1, 0.15) is 6.42 Å². The second-order valence-corrected chi connectivity index (χ2v) is 6.80. The number of amides is 2. The number of rotatable bonds is 3. The molecule has 1 N–H and O–H groups in total. The van der Waals surface area contributed by atoms with E-state index in [1.807, 2.05) is 6.07 Å². The molecule has 0 saturated carbocycles. The van der Waals surface area contributed by atoms with E-state index in [9.17, 15) is 9.59 Å². The van der Waals surface area contributed by atoms with Crippen LogP contribution in [0.25, 0.3) is 0 Å². The zero-order valence-corrected chi connectivity index (χ0v) is 15.5. The van der Waals surface area contributed by atoms with Crippen LogP contribution in [0.5, 0.6) is 11.5 Å². The molecule has 0 aromatic heterocycles. The zero-order valence-electron chi connectivity index (χ0n) is 15.5. The fourth-order valence-electron chi connectivity index (χ4n) is 3.92. The van der Waals surface area contributed by atoms with Crippen LogP contribution in [-0.2, 0) is 22.4 Å². The lowest BCUT2D eigenvalue weighted by Gasteiger charge is -2.27. The van der Waals surface area contributed by atoms with Crippen LogP contribution in [0.1, 0.15) is 30.4 Å². The molecule has 6 heteroatoms. The molecule has 0 spiro atoms. The van der Waals surface area contributed by atoms with Crippen LogP contribution >= 0.6 is 0 Å². The second kappa shape index (κ2) is 6.95. The largest absolute Gasteiger partial charge is 0.493 e. The Morgan fingerprint density at radius 2 is 1.74 bits per heavy atom. The number of benzene rings is 2. The van der Waals surface area contributed by atoms with E-state index in [0.717, 1.165) is 36.9 Å². The van der Waals surface area contributed by atoms with Crippen molar-refractivity contribution in [2.45, 2.75) is 32.1 Å². The molecular weight excluding hydrogens is 344 g/mol. The lowest BCUT2D eigenvalue weighted by Crippen LogP contribution is -2.26. The highest BCUT2D eigenvalue weighted by atomic mass is 16.5. The lowest BCUT2D eigenvalue weighted by molar-refractivity contribution is -0.124. The highest BCUT2D eigenvalue weighted by Gasteiger charge is 2.31. The Kier molecular flexibility index (Phi) is 4.48. The van der Waals surface area contributed by atoms with Crippen LogP contribution in [-0.4, -0.2) is 26.0 Å². The van der Waals surface area contributed by atoms with Gasteiger partial charge in [-0.2, -0.15) is 0 Å². The van der Waals surface area contributed by atoms with Crippen LogP contribution < -0.4 is 19.7 Å². The number of aryl methyl sites for hydroxylation is 1. The number of methoxy groups -OCH3 is 2. The number of hydrogen-bond donors (Lipinski definition) is 1. The average molecular weight is 366 g/mol. The molecule has 0 bridgehead atoms. The Bertz CT molecular complexity index is 923. The summed E-state index contributed by atoms with van der Waals surface area (Å²) in [5.74, 6) is 0.576.